The SMILES string of the molecule is CC/C=C\C/C=C\C/C=C\CCCCCC(=O)OCC(COP(=O)(O)OCC(CO)OC(=O)CCCCCCCCCCCCCCC)OC(=O)CCCCCCC/C=C\CCCCCC. The predicted molar refractivity (Wildman–Crippen MR) is 270 cm³/mol. The third-order valence-corrected chi connectivity index (χ3v) is 12.2. The van der Waals surface area contributed by atoms with E-state index in [1.165, 1.54) is 83.5 Å². The standard InChI is InChI=1S/C54H97O11P/c1-4-7-10-13-16-19-22-25-28-31-34-37-40-43-52(56)61-47-51(65-54(58)45-42-39-36-33-30-27-24-21-18-15-12-9-6-3)49-63-66(59,60)62-48-50(46-55)64-53(57)44-41-38-35-32-29-26-23-20-17-14-11-8-5-2/h7,10,16,19,21,24-25,28,50-51,55H,4-6,8-9,11-15,17-18,20,22-23,26-27,29-49H2,1-3H3,(H,59,60)/b10-7-,19-16-,24-21-,28-25-. The number of carbonyl (C=O) groups is 3. The van der Waals surface area contributed by atoms with Gasteiger partial charge in [-0.25, -0.2) is 4.57 Å². The van der Waals surface area contributed by atoms with Gasteiger partial charge in [0.05, 0.1) is 19.8 Å². The Bertz CT molecular complexity index is 1300. The summed E-state index contributed by atoms with van der Waals surface area (Å²) in [4.78, 5) is 48.3. The lowest BCUT2D eigenvalue weighted by Gasteiger charge is -2.21. The lowest BCUT2D eigenvalue weighted by molar-refractivity contribution is -0.161. The van der Waals surface area contributed by atoms with Gasteiger partial charge in [0, 0.05) is 19.3 Å². The van der Waals surface area contributed by atoms with Crippen LogP contribution in [0.3, 0.4) is 0 Å². The van der Waals surface area contributed by atoms with Crippen LogP contribution in [-0.2, 0) is 42.2 Å². The van der Waals surface area contributed by atoms with Gasteiger partial charge in [-0.05, 0) is 77.0 Å². The predicted octanol–water partition coefficient (Wildman–Crippen LogP) is 15.0. The zero-order valence-corrected chi connectivity index (χ0v) is 43.1. The molecule has 0 aliphatic rings. The van der Waals surface area contributed by atoms with Gasteiger partial charge >= 0.3 is 25.7 Å². The molecule has 12 heteroatoms. The van der Waals surface area contributed by atoms with Crippen molar-refractivity contribution in [2.45, 2.75) is 251 Å². The number of hydrogen-bond acceptors (Lipinski definition) is 10. The molecule has 0 radical (unpaired) electrons. The molecule has 0 spiro atoms. The van der Waals surface area contributed by atoms with Gasteiger partial charge in [-0.3, -0.25) is 23.4 Å². The number of allylic oxidation sites excluding steroid dienone is 8. The molecule has 0 bridgehead atoms. The molecule has 0 fully saturated rings. The highest BCUT2D eigenvalue weighted by Gasteiger charge is 2.28. The number of aliphatic hydroxyl groups is 1. The number of carbonyl (C=O) groups excluding carboxylic acids is 3. The van der Waals surface area contributed by atoms with Crippen molar-refractivity contribution in [3.05, 3.63) is 48.6 Å². The van der Waals surface area contributed by atoms with E-state index in [0.29, 0.717) is 19.3 Å². The quantitative estimate of drug-likeness (QED) is 0.0197. The molecular formula is C54H97O11P. The Balaban J connectivity index is 4.76. The topological polar surface area (TPSA) is 155 Å². The van der Waals surface area contributed by atoms with E-state index in [0.717, 1.165) is 96.3 Å². The Labute approximate surface area is 403 Å². The third-order valence-electron chi connectivity index (χ3n) is 11.2. The number of hydrogen-bond donors (Lipinski definition) is 2. The first-order valence-corrected chi connectivity index (χ1v) is 28.0. The summed E-state index contributed by atoms with van der Waals surface area (Å²) in [6, 6.07) is 0. The molecule has 2 N–H and O–H groups in total. The molecule has 0 saturated carbocycles. The van der Waals surface area contributed by atoms with Gasteiger partial charge in [0.25, 0.3) is 0 Å². The van der Waals surface area contributed by atoms with E-state index in [1.807, 2.05) is 0 Å². The van der Waals surface area contributed by atoms with Gasteiger partial charge in [0.15, 0.2) is 6.10 Å². The minimum Gasteiger partial charge on any atom is -0.462 e. The summed E-state index contributed by atoms with van der Waals surface area (Å²) >= 11 is 0. The van der Waals surface area contributed by atoms with Crippen LogP contribution in [0.4, 0.5) is 0 Å². The summed E-state index contributed by atoms with van der Waals surface area (Å²) in [5, 5.41) is 9.77. The van der Waals surface area contributed by atoms with Gasteiger partial charge in [0.1, 0.15) is 12.7 Å². The van der Waals surface area contributed by atoms with E-state index in [2.05, 4.69) is 69.4 Å². The number of esters is 3. The van der Waals surface area contributed by atoms with Crippen molar-refractivity contribution in [3.8, 4) is 0 Å². The van der Waals surface area contributed by atoms with Crippen molar-refractivity contribution >= 4 is 25.7 Å². The highest BCUT2D eigenvalue weighted by atomic mass is 31.2. The first kappa shape index (κ1) is 63.4. The molecule has 0 aromatic heterocycles. The van der Waals surface area contributed by atoms with Gasteiger partial charge in [-0.2, -0.15) is 0 Å². The second-order valence-corrected chi connectivity index (χ2v) is 19.1. The second kappa shape index (κ2) is 48.9. The molecule has 0 rings (SSSR count). The average molecular weight is 953 g/mol. The van der Waals surface area contributed by atoms with Crippen LogP contribution in [0, 0.1) is 0 Å². The van der Waals surface area contributed by atoms with Crippen LogP contribution in [-0.4, -0.2) is 66.5 Å². The Hall–Kier alpha value is -2.56. The van der Waals surface area contributed by atoms with Crippen molar-refractivity contribution in [1.82, 2.24) is 0 Å². The Morgan fingerprint density at radius 2 is 0.788 bits per heavy atom. The molecule has 0 heterocycles. The molecule has 3 atom stereocenters. The van der Waals surface area contributed by atoms with E-state index in [-0.39, 0.29) is 25.9 Å². The molecule has 0 amide bonds. The maximum atomic E-state index is 12.8. The highest BCUT2D eigenvalue weighted by molar-refractivity contribution is 7.47. The maximum Gasteiger partial charge on any atom is 0.472 e. The molecule has 0 aromatic carbocycles. The number of rotatable bonds is 49. The second-order valence-electron chi connectivity index (χ2n) is 17.7. The lowest BCUT2D eigenvalue weighted by Crippen LogP contribution is -2.30. The fraction of sp³-hybridized carbons (Fsp3) is 0.796. The number of unbranched alkanes of at least 4 members (excludes halogenated alkanes) is 24. The van der Waals surface area contributed by atoms with Crippen molar-refractivity contribution in [1.29, 1.82) is 0 Å². The molecule has 0 aliphatic carbocycles. The van der Waals surface area contributed by atoms with E-state index in [1.54, 1.807) is 0 Å². The Morgan fingerprint density at radius 3 is 1.26 bits per heavy atom. The number of phosphoric acid groups is 1. The average Bonchev–Trinajstić information content (AvgIpc) is 3.30. The summed E-state index contributed by atoms with van der Waals surface area (Å²) in [7, 11) is -4.74. The summed E-state index contributed by atoms with van der Waals surface area (Å²) in [6.07, 6.45) is 49.4. The van der Waals surface area contributed by atoms with Crippen LogP contribution < -0.4 is 0 Å². The van der Waals surface area contributed by atoms with Gasteiger partial charge in [-0.15, -0.1) is 0 Å². The van der Waals surface area contributed by atoms with Crippen LogP contribution in [0.15, 0.2) is 48.6 Å². The van der Waals surface area contributed by atoms with E-state index in [9.17, 15) is 28.9 Å². The normalized spacial score (nSPS) is 13.8. The Morgan fingerprint density at radius 1 is 0.439 bits per heavy atom. The number of aliphatic hydroxyl groups excluding tert-OH is 1. The minimum absolute atomic E-state index is 0.152. The lowest BCUT2D eigenvalue weighted by atomic mass is 10.0. The van der Waals surface area contributed by atoms with E-state index in [4.69, 9.17) is 23.3 Å². The molecule has 3 unspecified atom stereocenters. The van der Waals surface area contributed by atoms with Crippen LogP contribution in [0.5, 0.6) is 0 Å². The molecule has 0 aliphatic heterocycles. The van der Waals surface area contributed by atoms with Gasteiger partial charge in [0.2, 0.25) is 0 Å². The van der Waals surface area contributed by atoms with Crippen molar-refractivity contribution in [2.24, 2.45) is 0 Å². The fourth-order valence-electron chi connectivity index (χ4n) is 7.19. The summed E-state index contributed by atoms with van der Waals surface area (Å²) in [6.45, 7) is 4.47. The number of ether oxygens (including phenoxy) is 3. The Kier molecular flexibility index (Phi) is 47.0. The zero-order valence-electron chi connectivity index (χ0n) is 42.2. The summed E-state index contributed by atoms with van der Waals surface area (Å²) < 4.78 is 39.3. The molecule has 384 valence electrons. The van der Waals surface area contributed by atoms with Crippen molar-refractivity contribution < 1.29 is 52.2 Å². The van der Waals surface area contributed by atoms with E-state index >= 15 is 0 Å². The first-order valence-electron chi connectivity index (χ1n) is 26.5. The van der Waals surface area contributed by atoms with E-state index < -0.39 is 57.8 Å². The van der Waals surface area contributed by atoms with Crippen molar-refractivity contribution in [3.63, 3.8) is 0 Å². The first-order chi connectivity index (χ1) is 32.2. The smallest absolute Gasteiger partial charge is 0.462 e. The summed E-state index contributed by atoms with van der Waals surface area (Å²) in [5.41, 5.74) is 0. The zero-order chi connectivity index (χ0) is 48.4. The molecule has 0 aromatic rings. The van der Waals surface area contributed by atoms with Crippen LogP contribution in [0.25, 0.3) is 0 Å². The largest absolute Gasteiger partial charge is 0.472 e. The van der Waals surface area contributed by atoms with Crippen LogP contribution in [0.1, 0.15) is 239 Å². The molecule has 11 nitrogen and oxygen atoms in total. The highest BCUT2D eigenvalue weighted by Crippen LogP contribution is 2.43. The van der Waals surface area contributed by atoms with Gasteiger partial charge < -0.3 is 24.2 Å². The van der Waals surface area contributed by atoms with Crippen molar-refractivity contribution in [2.75, 3.05) is 26.4 Å². The minimum atomic E-state index is -4.74. The van der Waals surface area contributed by atoms with Gasteiger partial charge in [-0.1, -0.05) is 191 Å². The molecule has 0 saturated heterocycles. The molecular weight excluding hydrogens is 856 g/mol. The maximum absolute atomic E-state index is 12.8. The summed E-state index contributed by atoms with van der Waals surface area (Å²) in [5.74, 6) is -1.50. The third kappa shape index (κ3) is 46.5. The fourth-order valence-corrected chi connectivity index (χ4v) is 7.97. The molecule has 66 heavy (non-hydrogen) atoms. The van der Waals surface area contributed by atoms with Crippen LogP contribution in [0.2, 0.25) is 0 Å². The number of phosphoric ester groups is 1. The monoisotopic (exact) mass is 953 g/mol. The van der Waals surface area contributed by atoms with Crippen LogP contribution >= 0.6 is 7.82 Å².